The number of benzene rings is 4. The molecule has 0 radical (unpaired) electrons. The van der Waals surface area contributed by atoms with E-state index in [1.807, 2.05) is 0 Å². The standard InChI is InChI=1S/C31H29OSi.C3H6.2ClH.Zr/c1-20(32-33(2,3)4)22-17-18-26-23-12-6-5-11-21(23)19-29(26)30(22)31-27-15-9-7-13-24(27)25-14-8-10-16-28(25)31;1-3-2;;;/h5-18,20H,19H2,1-4H3;1-2H3;2*1H;/q-1;;;;+2/p-2. The van der Waals surface area contributed by atoms with Gasteiger partial charge in [-0.1, -0.05) is 129 Å². The molecular formula is C34H35Cl2OSiZr-. The largest absolute Gasteiger partial charge is 1.00 e. The summed E-state index contributed by atoms with van der Waals surface area (Å²) < 4.78 is 8.17. The first-order chi connectivity index (χ1) is 17.7. The van der Waals surface area contributed by atoms with E-state index in [-0.39, 0.29) is 30.9 Å². The molecule has 1 aliphatic carbocycles. The van der Waals surface area contributed by atoms with E-state index < -0.39 is 8.32 Å². The summed E-state index contributed by atoms with van der Waals surface area (Å²) in [7, 11) is -1.71. The molecule has 1 unspecified atom stereocenters. The van der Waals surface area contributed by atoms with Crippen LogP contribution in [0.1, 0.15) is 43.6 Å². The smallest absolute Gasteiger partial charge is 1.00 e. The van der Waals surface area contributed by atoms with Crippen LogP contribution in [0, 0.1) is 0 Å². The normalized spacial score (nSPS) is 12.5. The van der Waals surface area contributed by atoms with E-state index >= 15 is 0 Å². The number of rotatable bonds is 4. The van der Waals surface area contributed by atoms with Crippen LogP contribution < -0.4 is 24.8 Å². The molecule has 0 aromatic heterocycles. The summed E-state index contributed by atoms with van der Waals surface area (Å²) in [5.41, 5.74) is 9.67. The Morgan fingerprint density at radius 1 is 0.769 bits per heavy atom. The van der Waals surface area contributed by atoms with Crippen molar-refractivity contribution < 1.29 is 53.5 Å². The molecule has 1 aliphatic rings. The van der Waals surface area contributed by atoms with Crippen LogP contribution in [0.2, 0.25) is 19.6 Å². The molecule has 0 fully saturated rings. The molecule has 0 spiro atoms. The number of hydrogen-bond donors (Lipinski definition) is 0. The number of hydrogen-bond acceptors (Lipinski definition) is 1. The zero-order valence-electron chi connectivity index (χ0n) is 23.5. The summed E-state index contributed by atoms with van der Waals surface area (Å²) >= 11 is 1.55. The van der Waals surface area contributed by atoms with E-state index in [2.05, 4.69) is 125 Å². The van der Waals surface area contributed by atoms with Crippen LogP contribution >= 0.6 is 0 Å². The van der Waals surface area contributed by atoms with Gasteiger partial charge < -0.3 is 29.2 Å². The molecule has 0 saturated heterocycles. The SMILES string of the molecule is CC(O[Si](C)(C)C)c1ccc2c(c1-[c-]1c3ccccc3c3ccccc31)Cc1ccccc1-2.C[C](C)=[Zr+2].[Cl-].[Cl-]. The topological polar surface area (TPSA) is 9.23 Å². The maximum absolute atomic E-state index is 6.66. The van der Waals surface area contributed by atoms with Crippen LogP contribution in [0.4, 0.5) is 0 Å². The molecule has 6 rings (SSSR count). The van der Waals surface area contributed by atoms with Crippen LogP contribution in [0.5, 0.6) is 0 Å². The molecule has 39 heavy (non-hydrogen) atoms. The third kappa shape index (κ3) is 6.45. The van der Waals surface area contributed by atoms with Crippen LogP contribution in [-0.4, -0.2) is 11.5 Å². The van der Waals surface area contributed by atoms with Gasteiger partial charge in [-0.3, -0.25) is 0 Å². The van der Waals surface area contributed by atoms with Gasteiger partial charge in [0.2, 0.25) is 0 Å². The van der Waals surface area contributed by atoms with Gasteiger partial charge in [0.1, 0.15) is 0 Å². The van der Waals surface area contributed by atoms with Crippen molar-refractivity contribution in [1.29, 1.82) is 0 Å². The molecule has 5 aromatic carbocycles. The average Bonchev–Trinajstić information content (AvgIpc) is 3.38. The minimum atomic E-state index is -1.71. The van der Waals surface area contributed by atoms with E-state index in [1.54, 1.807) is 24.2 Å². The Morgan fingerprint density at radius 2 is 1.28 bits per heavy atom. The van der Waals surface area contributed by atoms with Gasteiger partial charge in [-0.25, -0.2) is 0 Å². The summed E-state index contributed by atoms with van der Waals surface area (Å²) in [5.74, 6) is 0. The van der Waals surface area contributed by atoms with Gasteiger partial charge in [0.25, 0.3) is 0 Å². The predicted molar refractivity (Wildman–Crippen MR) is 160 cm³/mol. The van der Waals surface area contributed by atoms with Crippen LogP contribution in [0.25, 0.3) is 43.8 Å². The minimum Gasteiger partial charge on any atom is -1.00 e. The van der Waals surface area contributed by atoms with Gasteiger partial charge in [-0.05, 0) is 49.7 Å². The van der Waals surface area contributed by atoms with Crippen molar-refractivity contribution in [1.82, 2.24) is 0 Å². The zero-order valence-corrected chi connectivity index (χ0v) is 28.5. The monoisotopic (exact) mass is 647 g/mol. The van der Waals surface area contributed by atoms with Crippen LogP contribution in [0.3, 0.4) is 0 Å². The van der Waals surface area contributed by atoms with Gasteiger partial charge in [-0.15, -0.1) is 0 Å². The first kappa shape index (κ1) is 31.8. The first-order valence-electron chi connectivity index (χ1n) is 13.2. The van der Waals surface area contributed by atoms with Crippen molar-refractivity contribution in [3.8, 4) is 22.3 Å². The van der Waals surface area contributed by atoms with Gasteiger partial charge >= 0.3 is 41.3 Å². The molecule has 1 nitrogen and oxygen atoms in total. The predicted octanol–water partition coefficient (Wildman–Crippen LogP) is 3.62. The second kappa shape index (κ2) is 12.8. The summed E-state index contributed by atoms with van der Waals surface area (Å²) in [6.07, 6.45) is 1.02. The first-order valence-corrected chi connectivity index (χ1v) is 17.8. The fraction of sp³-hybridized carbons (Fsp3) is 0.235. The van der Waals surface area contributed by atoms with E-state index in [0.29, 0.717) is 0 Å². The third-order valence-electron chi connectivity index (χ3n) is 6.92. The molecule has 0 N–H and O–H groups in total. The van der Waals surface area contributed by atoms with Crippen molar-refractivity contribution in [2.24, 2.45) is 0 Å². The number of halogens is 2. The molecular weight excluding hydrogens is 615 g/mol. The summed E-state index contributed by atoms with van der Waals surface area (Å²) in [6.45, 7) is 13.3. The van der Waals surface area contributed by atoms with E-state index in [9.17, 15) is 0 Å². The second-order valence-electron chi connectivity index (χ2n) is 11.2. The Hall–Kier alpha value is -1.74. The molecule has 0 bridgehead atoms. The van der Waals surface area contributed by atoms with Crippen molar-refractivity contribution in [3.05, 3.63) is 102 Å². The van der Waals surface area contributed by atoms with Gasteiger partial charge in [-0.2, -0.15) is 0 Å². The molecule has 5 heteroatoms. The summed E-state index contributed by atoms with van der Waals surface area (Å²) in [6, 6.07) is 31.3. The van der Waals surface area contributed by atoms with Crippen molar-refractivity contribution in [3.63, 3.8) is 0 Å². The Morgan fingerprint density at radius 3 is 1.85 bits per heavy atom. The maximum Gasteiger partial charge on any atom is -1.00 e. The van der Waals surface area contributed by atoms with E-state index in [4.69, 9.17) is 4.43 Å². The molecule has 1 atom stereocenters. The fourth-order valence-electron chi connectivity index (χ4n) is 5.74. The molecule has 0 heterocycles. The Labute approximate surface area is 261 Å². The second-order valence-corrected chi connectivity index (χ2v) is 18.1. The third-order valence-corrected chi connectivity index (χ3v) is 7.98. The maximum atomic E-state index is 6.66. The van der Waals surface area contributed by atoms with Crippen LogP contribution in [0.15, 0.2) is 84.9 Å². The minimum absolute atomic E-state index is 0. The molecule has 5 aromatic rings. The van der Waals surface area contributed by atoms with E-state index in [0.717, 1.165) is 6.42 Å². The molecule has 0 aliphatic heterocycles. The van der Waals surface area contributed by atoms with E-state index in [1.165, 1.54) is 63.7 Å². The van der Waals surface area contributed by atoms with Gasteiger partial charge in [0.15, 0.2) is 8.32 Å². The zero-order chi connectivity index (χ0) is 26.3. The summed E-state index contributed by atoms with van der Waals surface area (Å²) in [4.78, 5) is 0. The Balaban J connectivity index is 0.000000658. The van der Waals surface area contributed by atoms with Gasteiger partial charge in [0.05, 0.1) is 0 Å². The van der Waals surface area contributed by atoms with Crippen molar-refractivity contribution >= 4 is 33.1 Å². The van der Waals surface area contributed by atoms with Crippen molar-refractivity contribution in [2.75, 3.05) is 0 Å². The molecule has 200 valence electrons. The number of fused-ring (bicyclic) bond motifs is 6. The fourth-order valence-corrected chi connectivity index (χ4v) is 6.93. The summed E-state index contributed by atoms with van der Waals surface area (Å²) in [5, 5.41) is 5.34. The average molecular weight is 650 g/mol. The van der Waals surface area contributed by atoms with Crippen molar-refractivity contribution in [2.45, 2.75) is 52.9 Å². The van der Waals surface area contributed by atoms with Gasteiger partial charge in [0, 0.05) is 6.10 Å². The van der Waals surface area contributed by atoms with Crippen LogP contribution in [-0.2, 0) is 35.1 Å². The Kier molecular flexibility index (Phi) is 10.5. The quantitative estimate of drug-likeness (QED) is 0.210. The molecule has 0 saturated carbocycles. The molecule has 0 amide bonds. The Bertz CT molecular complexity index is 1570.